The zero-order chi connectivity index (χ0) is 16.8. The van der Waals surface area contributed by atoms with Gasteiger partial charge in [0, 0.05) is 17.5 Å². The van der Waals surface area contributed by atoms with Crippen LogP contribution in [0.25, 0.3) is 0 Å². The van der Waals surface area contributed by atoms with E-state index in [0.29, 0.717) is 6.54 Å². The van der Waals surface area contributed by atoms with E-state index in [0.717, 1.165) is 31.0 Å². The fraction of sp³-hybridized carbons (Fsp3) is 0.650. The average Bonchev–Trinajstić information content (AvgIpc) is 2.96. The quantitative estimate of drug-likeness (QED) is 0.791. The van der Waals surface area contributed by atoms with E-state index in [9.17, 15) is 4.79 Å². The van der Waals surface area contributed by atoms with E-state index >= 15 is 0 Å². The van der Waals surface area contributed by atoms with Gasteiger partial charge in [-0.05, 0) is 56.5 Å². The first-order valence-electron chi connectivity index (χ1n) is 9.51. The second kappa shape index (κ2) is 8.87. The molecule has 4 heteroatoms. The molecule has 3 rings (SSSR count). The molecule has 1 aliphatic heterocycles. The van der Waals surface area contributed by atoms with Crippen LogP contribution in [-0.2, 0) is 4.79 Å². The average molecular weight is 349 g/mol. The van der Waals surface area contributed by atoms with Crippen LogP contribution in [0.4, 0.5) is 0 Å². The van der Waals surface area contributed by atoms with Crippen LogP contribution in [0.1, 0.15) is 63.0 Å². The standard InChI is InChI=1S/C20H29ClN2O/c21-18-11-7-10-17(14-18)19(23-12-5-6-13-23)15-22-20(24)16-8-3-1-2-4-9-16/h7,10-11,14,16,19H,1-6,8-9,12-13,15H2,(H,22,24). The molecule has 0 spiro atoms. The van der Waals surface area contributed by atoms with Crippen LogP contribution in [-0.4, -0.2) is 30.4 Å². The number of carbonyl (C=O) groups excluding carboxylic acids is 1. The van der Waals surface area contributed by atoms with Crippen molar-refractivity contribution in [2.24, 2.45) is 5.92 Å². The lowest BCUT2D eigenvalue weighted by Crippen LogP contribution is -2.39. The molecule has 1 amide bonds. The molecule has 1 aromatic rings. The van der Waals surface area contributed by atoms with Crippen molar-refractivity contribution < 1.29 is 4.79 Å². The summed E-state index contributed by atoms with van der Waals surface area (Å²) in [5.41, 5.74) is 1.21. The third-order valence-corrected chi connectivity index (χ3v) is 5.75. The van der Waals surface area contributed by atoms with Crippen molar-refractivity contribution in [3.63, 3.8) is 0 Å². The Labute approximate surface area is 150 Å². The monoisotopic (exact) mass is 348 g/mol. The highest BCUT2D eigenvalue weighted by atomic mass is 35.5. The molecule has 0 bridgehead atoms. The molecule has 1 unspecified atom stereocenters. The van der Waals surface area contributed by atoms with Crippen molar-refractivity contribution in [2.75, 3.05) is 19.6 Å². The second-order valence-electron chi connectivity index (χ2n) is 7.25. The summed E-state index contributed by atoms with van der Waals surface area (Å²) in [6, 6.07) is 8.33. The first kappa shape index (κ1) is 17.8. The number of hydrogen-bond acceptors (Lipinski definition) is 2. The maximum absolute atomic E-state index is 12.6. The van der Waals surface area contributed by atoms with E-state index in [-0.39, 0.29) is 17.9 Å². The Balaban J connectivity index is 1.64. The van der Waals surface area contributed by atoms with Gasteiger partial charge in [0.2, 0.25) is 5.91 Å². The molecule has 2 aliphatic rings. The Hall–Kier alpha value is -1.06. The predicted molar refractivity (Wildman–Crippen MR) is 99.2 cm³/mol. The topological polar surface area (TPSA) is 32.3 Å². The predicted octanol–water partition coefficient (Wildman–Crippen LogP) is 4.56. The summed E-state index contributed by atoms with van der Waals surface area (Å²) < 4.78 is 0. The lowest BCUT2D eigenvalue weighted by atomic mass is 9.99. The van der Waals surface area contributed by atoms with Crippen LogP contribution in [0.15, 0.2) is 24.3 Å². The second-order valence-corrected chi connectivity index (χ2v) is 7.68. The van der Waals surface area contributed by atoms with Gasteiger partial charge in [-0.2, -0.15) is 0 Å². The summed E-state index contributed by atoms with van der Waals surface area (Å²) in [6.07, 6.45) is 9.55. The van der Waals surface area contributed by atoms with Crippen molar-refractivity contribution in [2.45, 2.75) is 57.4 Å². The van der Waals surface area contributed by atoms with Crippen molar-refractivity contribution in [1.82, 2.24) is 10.2 Å². The Kier molecular flexibility index (Phi) is 6.56. The SMILES string of the molecule is O=C(NCC(c1cccc(Cl)c1)N1CCCC1)C1CCCCCC1. The van der Waals surface area contributed by atoms with Crippen molar-refractivity contribution in [1.29, 1.82) is 0 Å². The fourth-order valence-electron chi connectivity index (χ4n) is 4.11. The first-order chi connectivity index (χ1) is 11.7. The normalized spacial score (nSPS) is 21.4. The van der Waals surface area contributed by atoms with Gasteiger partial charge in [-0.3, -0.25) is 9.69 Å². The molecule has 0 radical (unpaired) electrons. The number of nitrogens with one attached hydrogen (secondary N) is 1. The lowest BCUT2D eigenvalue weighted by Gasteiger charge is -2.29. The van der Waals surface area contributed by atoms with Gasteiger partial charge in [0.25, 0.3) is 0 Å². The van der Waals surface area contributed by atoms with Gasteiger partial charge in [-0.1, -0.05) is 49.4 Å². The van der Waals surface area contributed by atoms with Crippen molar-refractivity contribution >= 4 is 17.5 Å². The largest absolute Gasteiger partial charge is 0.354 e. The molecule has 132 valence electrons. The molecule has 1 aliphatic carbocycles. The third kappa shape index (κ3) is 4.73. The minimum absolute atomic E-state index is 0.214. The van der Waals surface area contributed by atoms with Crippen LogP contribution < -0.4 is 5.32 Å². The minimum atomic E-state index is 0.214. The zero-order valence-corrected chi connectivity index (χ0v) is 15.2. The van der Waals surface area contributed by atoms with E-state index in [1.807, 2.05) is 18.2 Å². The molecule has 1 saturated heterocycles. The zero-order valence-electron chi connectivity index (χ0n) is 14.5. The van der Waals surface area contributed by atoms with E-state index in [4.69, 9.17) is 11.6 Å². The van der Waals surface area contributed by atoms with E-state index in [1.165, 1.54) is 44.1 Å². The van der Waals surface area contributed by atoms with Crippen LogP contribution in [0.5, 0.6) is 0 Å². The molecule has 3 nitrogen and oxygen atoms in total. The molecule has 1 aromatic carbocycles. The number of rotatable bonds is 5. The maximum atomic E-state index is 12.6. The molecule has 24 heavy (non-hydrogen) atoms. The molecule has 1 heterocycles. The number of carbonyl (C=O) groups is 1. The Morgan fingerprint density at radius 2 is 1.83 bits per heavy atom. The summed E-state index contributed by atoms with van der Waals surface area (Å²) in [4.78, 5) is 15.1. The van der Waals surface area contributed by atoms with Gasteiger partial charge in [-0.15, -0.1) is 0 Å². The minimum Gasteiger partial charge on any atom is -0.354 e. The fourth-order valence-corrected chi connectivity index (χ4v) is 4.31. The summed E-state index contributed by atoms with van der Waals surface area (Å²) >= 11 is 6.19. The smallest absolute Gasteiger partial charge is 0.223 e. The van der Waals surface area contributed by atoms with E-state index in [1.54, 1.807) is 0 Å². The Bertz CT molecular complexity index is 534. The summed E-state index contributed by atoms with van der Waals surface area (Å²) in [7, 11) is 0. The highest BCUT2D eigenvalue weighted by molar-refractivity contribution is 6.30. The van der Waals surface area contributed by atoms with Gasteiger partial charge < -0.3 is 5.32 Å². The van der Waals surface area contributed by atoms with Gasteiger partial charge in [0.1, 0.15) is 0 Å². The molecule has 0 aromatic heterocycles. The molecule has 1 saturated carbocycles. The van der Waals surface area contributed by atoms with Gasteiger partial charge >= 0.3 is 0 Å². The molecule has 1 N–H and O–H groups in total. The highest BCUT2D eigenvalue weighted by Crippen LogP contribution is 2.27. The van der Waals surface area contributed by atoms with Crippen LogP contribution >= 0.6 is 11.6 Å². The Morgan fingerprint density at radius 3 is 2.50 bits per heavy atom. The van der Waals surface area contributed by atoms with Crippen LogP contribution in [0.3, 0.4) is 0 Å². The van der Waals surface area contributed by atoms with Crippen molar-refractivity contribution in [3.05, 3.63) is 34.9 Å². The van der Waals surface area contributed by atoms with Crippen LogP contribution in [0, 0.1) is 5.92 Å². The van der Waals surface area contributed by atoms with Crippen molar-refractivity contribution in [3.8, 4) is 0 Å². The van der Waals surface area contributed by atoms with Gasteiger partial charge in [-0.25, -0.2) is 0 Å². The van der Waals surface area contributed by atoms with Crippen LogP contribution in [0.2, 0.25) is 5.02 Å². The Morgan fingerprint density at radius 1 is 1.12 bits per heavy atom. The number of benzene rings is 1. The number of hydrogen-bond donors (Lipinski definition) is 1. The highest BCUT2D eigenvalue weighted by Gasteiger charge is 2.26. The number of likely N-dealkylation sites (tertiary alicyclic amines) is 1. The number of amides is 1. The molecular formula is C20H29ClN2O. The number of nitrogens with zero attached hydrogens (tertiary/aromatic N) is 1. The summed E-state index contributed by atoms with van der Waals surface area (Å²) in [5.74, 6) is 0.467. The maximum Gasteiger partial charge on any atom is 0.223 e. The summed E-state index contributed by atoms with van der Waals surface area (Å²) in [6.45, 7) is 2.91. The third-order valence-electron chi connectivity index (χ3n) is 5.51. The van der Waals surface area contributed by atoms with Gasteiger partial charge in [0.15, 0.2) is 0 Å². The van der Waals surface area contributed by atoms with E-state index in [2.05, 4.69) is 16.3 Å². The van der Waals surface area contributed by atoms with E-state index < -0.39 is 0 Å². The lowest BCUT2D eigenvalue weighted by molar-refractivity contribution is -0.125. The molecular weight excluding hydrogens is 320 g/mol. The summed E-state index contributed by atoms with van der Waals surface area (Å²) in [5, 5.41) is 4.02. The van der Waals surface area contributed by atoms with Gasteiger partial charge in [0.05, 0.1) is 6.04 Å². The molecule has 2 fully saturated rings. The molecule has 1 atom stereocenters. The number of halogens is 1. The first-order valence-corrected chi connectivity index (χ1v) is 9.89.